The maximum atomic E-state index is 14.9. The normalized spacial score (nSPS) is 20.0. The molecular weight excluding hydrogens is 570 g/mol. The fourth-order valence-corrected chi connectivity index (χ4v) is 4.63. The van der Waals surface area contributed by atoms with Crippen LogP contribution in [0.1, 0.15) is 17.3 Å². The number of halogens is 4. The average Bonchev–Trinajstić information content (AvgIpc) is 3.64. The van der Waals surface area contributed by atoms with Crippen molar-refractivity contribution < 1.29 is 37.3 Å². The Hall–Kier alpha value is -4.49. The lowest BCUT2D eigenvalue weighted by Crippen LogP contribution is -2.59. The molecule has 1 unspecified atom stereocenters. The van der Waals surface area contributed by atoms with Crippen LogP contribution in [0, 0.1) is 0 Å². The van der Waals surface area contributed by atoms with Crippen LogP contribution < -0.4 is 15.8 Å². The number of fused-ring (bicyclic) bond motifs is 1. The van der Waals surface area contributed by atoms with Gasteiger partial charge >= 0.3 is 6.18 Å². The third kappa shape index (κ3) is 4.94. The Kier molecular flexibility index (Phi) is 7.19. The van der Waals surface area contributed by atoms with Gasteiger partial charge in [0.25, 0.3) is 5.91 Å². The number of ether oxygens (including phenoxy) is 1. The van der Waals surface area contributed by atoms with Crippen LogP contribution >= 0.6 is 0 Å². The van der Waals surface area contributed by atoms with Crippen molar-refractivity contribution in [2.24, 2.45) is 7.05 Å². The highest BCUT2D eigenvalue weighted by molar-refractivity contribution is 5.98. The molecule has 1 saturated heterocycles. The molecule has 0 saturated carbocycles. The summed E-state index contributed by atoms with van der Waals surface area (Å²) in [6, 6.07) is 1.70. The maximum absolute atomic E-state index is 14.9. The van der Waals surface area contributed by atoms with Crippen LogP contribution in [0.25, 0.3) is 28.2 Å². The molecular formula is C23H25F4N11O4. The van der Waals surface area contributed by atoms with Crippen LogP contribution in [0.4, 0.5) is 23.4 Å². The molecule has 4 aromatic rings. The quantitative estimate of drug-likeness (QED) is 0.209. The Morgan fingerprint density at radius 2 is 2.00 bits per heavy atom. The van der Waals surface area contributed by atoms with E-state index in [1.54, 1.807) is 13.1 Å². The Balaban J connectivity index is 1.48. The average molecular weight is 596 g/mol. The molecule has 0 aliphatic carbocycles. The zero-order chi connectivity index (χ0) is 30.6. The molecule has 0 spiro atoms. The Morgan fingerprint density at radius 3 is 2.64 bits per heavy atom. The summed E-state index contributed by atoms with van der Waals surface area (Å²) in [5.74, 6) is -0.635. The number of pyridine rings is 1. The fraction of sp³-hybridized carbons (Fsp3) is 0.435. The fourth-order valence-electron chi connectivity index (χ4n) is 4.63. The number of nitrogens with one attached hydrogen (secondary N) is 1. The van der Waals surface area contributed by atoms with Crippen LogP contribution in [0.3, 0.4) is 0 Å². The molecule has 5 rings (SSSR count). The van der Waals surface area contributed by atoms with Gasteiger partial charge in [0.15, 0.2) is 11.4 Å². The molecule has 1 aliphatic heterocycles. The number of nitrogens with zero attached hydrogens (tertiary/aromatic N) is 9. The number of aromatic nitrogens is 8. The molecule has 224 valence electrons. The van der Waals surface area contributed by atoms with Crippen molar-refractivity contribution in [3.05, 3.63) is 30.2 Å². The lowest BCUT2D eigenvalue weighted by atomic mass is 10.0. The number of aryl methyl sites for hydroxylation is 1. The zero-order valence-corrected chi connectivity index (χ0v) is 22.3. The largest absolute Gasteiger partial charge is 0.480 e. The molecule has 42 heavy (non-hydrogen) atoms. The molecule has 0 radical (unpaired) electrons. The summed E-state index contributed by atoms with van der Waals surface area (Å²) in [5, 5.41) is 38.8. The summed E-state index contributed by atoms with van der Waals surface area (Å²) < 4.78 is 61.2. The van der Waals surface area contributed by atoms with E-state index in [0.29, 0.717) is 34.2 Å². The van der Waals surface area contributed by atoms with Crippen molar-refractivity contribution in [1.82, 2.24) is 50.0 Å². The Labute approximate surface area is 233 Å². The topological polar surface area (TPSA) is 195 Å². The SMILES string of the molecule is COc1ncc(-c2c(-c3nnn(C)n3)cc3c(N)ncnn23)cc1C(=O)N[C@@H]1CN(C(O)[C@@](C)(O)C(F)(F)F)C[C@@H]1F. The Bertz CT molecular complexity index is 1640. The lowest BCUT2D eigenvalue weighted by Gasteiger charge is -2.36. The molecule has 15 nitrogen and oxygen atoms in total. The second kappa shape index (κ2) is 10.4. The highest BCUT2D eigenvalue weighted by atomic mass is 19.4. The van der Waals surface area contributed by atoms with E-state index in [2.05, 4.69) is 35.8 Å². The van der Waals surface area contributed by atoms with E-state index < -0.39 is 49.2 Å². The van der Waals surface area contributed by atoms with Gasteiger partial charge in [-0.05, 0) is 24.3 Å². The van der Waals surface area contributed by atoms with E-state index in [1.165, 1.54) is 35.0 Å². The smallest absolute Gasteiger partial charge is 0.420 e. The number of rotatable bonds is 7. The van der Waals surface area contributed by atoms with Gasteiger partial charge in [0, 0.05) is 24.8 Å². The van der Waals surface area contributed by atoms with Crippen LogP contribution in [0.5, 0.6) is 5.88 Å². The van der Waals surface area contributed by atoms with Crippen LogP contribution in [0.15, 0.2) is 24.7 Å². The molecule has 19 heteroatoms. The first kappa shape index (κ1) is 29.0. The van der Waals surface area contributed by atoms with Gasteiger partial charge in [0.1, 0.15) is 29.8 Å². The first-order valence-electron chi connectivity index (χ1n) is 12.3. The lowest BCUT2D eigenvalue weighted by molar-refractivity contribution is -0.302. The number of nitrogen functional groups attached to an aromatic ring is 1. The Morgan fingerprint density at radius 1 is 1.26 bits per heavy atom. The number of anilines is 1. The van der Waals surface area contributed by atoms with Gasteiger partial charge in [-0.25, -0.2) is 18.9 Å². The van der Waals surface area contributed by atoms with E-state index in [4.69, 9.17) is 10.5 Å². The van der Waals surface area contributed by atoms with Crippen molar-refractivity contribution in [3.63, 3.8) is 0 Å². The minimum Gasteiger partial charge on any atom is -0.480 e. The molecule has 1 aliphatic rings. The third-order valence-corrected chi connectivity index (χ3v) is 6.93. The third-order valence-electron chi connectivity index (χ3n) is 6.93. The highest BCUT2D eigenvalue weighted by Crippen LogP contribution is 2.37. The van der Waals surface area contributed by atoms with E-state index in [-0.39, 0.29) is 23.1 Å². The number of methoxy groups -OCH3 is 1. The van der Waals surface area contributed by atoms with Crippen LogP contribution in [-0.2, 0) is 7.05 Å². The monoisotopic (exact) mass is 595 g/mol. The number of carbonyl (C=O) groups is 1. The van der Waals surface area contributed by atoms with Crippen LogP contribution in [0.2, 0.25) is 0 Å². The second-order valence-corrected chi connectivity index (χ2v) is 9.80. The number of hydrogen-bond donors (Lipinski definition) is 4. The number of hydrogen-bond acceptors (Lipinski definition) is 12. The first-order chi connectivity index (χ1) is 19.7. The van der Waals surface area contributed by atoms with Gasteiger partial charge in [-0.2, -0.15) is 23.1 Å². The van der Waals surface area contributed by atoms with E-state index in [1.807, 2.05) is 0 Å². The molecule has 0 bridgehead atoms. The van der Waals surface area contributed by atoms with Crippen molar-refractivity contribution in [2.45, 2.75) is 37.1 Å². The highest BCUT2D eigenvalue weighted by Gasteiger charge is 2.58. The van der Waals surface area contributed by atoms with Crippen molar-refractivity contribution in [2.75, 3.05) is 25.9 Å². The van der Waals surface area contributed by atoms with Crippen molar-refractivity contribution >= 4 is 17.2 Å². The number of likely N-dealkylation sites (tertiary alicyclic amines) is 1. The summed E-state index contributed by atoms with van der Waals surface area (Å²) >= 11 is 0. The number of alkyl halides is 4. The molecule has 5 heterocycles. The van der Waals surface area contributed by atoms with Gasteiger partial charge in [-0.15, -0.1) is 10.2 Å². The van der Waals surface area contributed by atoms with Crippen LogP contribution in [-0.4, -0.2) is 111 Å². The number of tetrazole rings is 1. The molecule has 1 amide bonds. The molecule has 0 aromatic carbocycles. The van der Waals surface area contributed by atoms with E-state index >= 15 is 0 Å². The number of carbonyl (C=O) groups excluding carboxylic acids is 1. The zero-order valence-electron chi connectivity index (χ0n) is 22.3. The molecule has 1 fully saturated rings. The van der Waals surface area contributed by atoms with Gasteiger partial charge in [-0.1, -0.05) is 0 Å². The maximum Gasteiger partial charge on any atom is 0.420 e. The molecule has 4 atom stereocenters. The number of nitrogens with two attached hydrogens (primary N) is 1. The number of aliphatic hydroxyl groups is 2. The predicted molar refractivity (Wildman–Crippen MR) is 135 cm³/mol. The predicted octanol–water partition coefficient (Wildman–Crippen LogP) is -0.0436. The standard InChI is InChI=1S/C23H25F4N11O4/c1-22(41,23(25,26)27)21(40)37-7-13(24)14(8-37)32-19(39)12-4-10(6-29-20(12)42-3)16-11(18-33-35-36(2)34-18)5-15-17(28)30-9-31-38(15)16/h4-6,9,13-14,21,40-41H,7-8H2,1-3H3,(H,32,39)(H2,28,30,31)/t13-,14+,21?,22+/m0/s1. The number of aliphatic hydroxyl groups excluding tert-OH is 1. The van der Waals surface area contributed by atoms with E-state index in [9.17, 15) is 32.6 Å². The summed E-state index contributed by atoms with van der Waals surface area (Å²) in [6.45, 7) is -0.801. The van der Waals surface area contributed by atoms with Gasteiger partial charge < -0.3 is 26.0 Å². The van der Waals surface area contributed by atoms with Gasteiger partial charge in [0.2, 0.25) is 11.7 Å². The van der Waals surface area contributed by atoms with Crippen molar-refractivity contribution in [1.29, 1.82) is 0 Å². The first-order valence-corrected chi connectivity index (χ1v) is 12.3. The molecule has 4 aromatic heterocycles. The molecule has 5 N–H and O–H groups in total. The summed E-state index contributed by atoms with van der Waals surface area (Å²) in [4.78, 5) is 23.5. The minimum absolute atomic E-state index is 0.129. The minimum atomic E-state index is -5.18. The summed E-state index contributed by atoms with van der Waals surface area (Å²) in [6.07, 6.45) is -6.90. The van der Waals surface area contributed by atoms with Gasteiger partial charge in [-0.3, -0.25) is 9.69 Å². The summed E-state index contributed by atoms with van der Waals surface area (Å²) in [5.41, 5.74) is 3.88. The van der Waals surface area contributed by atoms with E-state index in [0.717, 1.165) is 0 Å². The summed E-state index contributed by atoms with van der Waals surface area (Å²) in [7, 11) is 2.84. The number of amides is 1. The van der Waals surface area contributed by atoms with Crippen molar-refractivity contribution in [3.8, 4) is 28.5 Å². The van der Waals surface area contributed by atoms with Gasteiger partial charge in [0.05, 0.1) is 31.5 Å². The second-order valence-electron chi connectivity index (χ2n) is 9.80.